The first-order valence-corrected chi connectivity index (χ1v) is 14.1. The van der Waals surface area contributed by atoms with Crippen LogP contribution in [0.15, 0.2) is 0 Å². The smallest absolute Gasteiger partial charge is 0.136 e. The molecule has 4 unspecified atom stereocenters. The number of carbonyl (C=O) groups is 2. The molecule has 1 aliphatic rings. The van der Waals surface area contributed by atoms with Crippen molar-refractivity contribution in [1.29, 1.82) is 0 Å². The molecule has 0 bridgehead atoms. The van der Waals surface area contributed by atoms with Gasteiger partial charge in [0, 0.05) is 18.3 Å². The number of rotatable bonds is 18. The Balaban J connectivity index is 0.000000771. The zero-order valence-electron chi connectivity index (χ0n) is 22.4. The molecule has 4 heteroatoms. The molecule has 1 fully saturated rings. The van der Waals surface area contributed by atoms with E-state index < -0.39 is 6.10 Å². The van der Waals surface area contributed by atoms with Crippen LogP contribution in [0.2, 0.25) is 0 Å². The molecule has 1 saturated carbocycles. The van der Waals surface area contributed by atoms with Crippen LogP contribution in [0.4, 0.5) is 0 Å². The Kier molecular flexibility index (Phi) is 21.3. The molecule has 33 heavy (non-hydrogen) atoms. The summed E-state index contributed by atoms with van der Waals surface area (Å²) < 4.78 is 0. The zero-order chi connectivity index (χ0) is 24.9. The Hall–Kier alpha value is -0.740. The topological polar surface area (TPSA) is 74.6 Å². The minimum atomic E-state index is -0.743. The van der Waals surface area contributed by atoms with Crippen molar-refractivity contribution < 1.29 is 19.8 Å². The summed E-state index contributed by atoms with van der Waals surface area (Å²) in [6, 6.07) is 0. The lowest BCUT2D eigenvalue weighted by molar-refractivity contribution is -0.127. The van der Waals surface area contributed by atoms with Gasteiger partial charge in [0.15, 0.2) is 0 Å². The predicted octanol–water partition coefficient (Wildman–Crippen LogP) is 7.28. The van der Waals surface area contributed by atoms with E-state index in [4.69, 9.17) is 5.11 Å². The molecule has 0 aromatic rings. The summed E-state index contributed by atoms with van der Waals surface area (Å²) in [7, 11) is 0. The van der Waals surface area contributed by atoms with E-state index in [1.807, 2.05) is 0 Å². The molecule has 4 nitrogen and oxygen atoms in total. The molecule has 0 aromatic heterocycles. The fourth-order valence-electron chi connectivity index (χ4n) is 4.84. The molecule has 0 aliphatic heterocycles. The average molecular weight is 469 g/mol. The Morgan fingerprint density at radius 1 is 0.909 bits per heavy atom. The number of carbonyl (C=O) groups excluding carboxylic acids is 2. The summed E-state index contributed by atoms with van der Waals surface area (Å²) in [5.41, 5.74) is 0. The van der Waals surface area contributed by atoms with Crippen molar-refractivity contribution in [2.75, 3.05) is 6.61 Å². The average Bonchev–Trinajstić information content (AvgIpc) is 2.78. The van der Waals surface area contributed by atoms with E-state index in [0.29, 0.717) is 30.0 Å². The van der Waals surface area contributed by atoms with Crippen molar-refractivity contribution in [1.82, 2.24) is 0 Å². The summed E-state index contributed by atoms with van der Waals surface area (Å²) in [6.45, 7) is 8.49. The van der Waals surface area contributed by atoms with Crippen LogP contribution >= 0.6 is 0 Å². The van der Waals surface area contributed by atoms with Gasteiger partial charge < -0.3 is 15.0 Å². The van der Waals surface area contributed by atoms with E-state index in [-0.39, 0.29) is 12.5 Å². The van der Waals surface area contributed by atoms with E-state index >= 15 is 0 Å². The highest BCUT2D eigenvalue weighted by molar-refractivity contribution is 5.82. The van der Waals surface area contributed by atoms with Crippen LogP contribution < -0.4 is 0 Å². The van der Waals surface area contributed by atoms with Gasteiger partial charge in [0.2, 0.25) is 0 Å². The number of aliphatic hydroxyl groups is 2. The number of ketones is 1. The van der Waals surface area contributed by atoms with Gasteiger partial charge in [0.05, 0.1) is 12.7 Å². The van der Waals surface area contributed by atoms with Gasteiger partial charge in [-0.1, -0.05) is 105 Å². The molecule has 0 amide bonds. The number of hydrogen-bond donors (Lipinski definition) is 2. The van der Waals surface area contributed by atoms with Crippen molar-refractivity contribution in [3.8, 4) is 0 Å². The standard InChI is InChI=1S/C19H38O3.C10H18O/c1-2-3-4-5-6-7-8-9-10-11-12-13-14-18(16-20)15-19(22)17-21;1-7(2)9-5-4-8(3)6-10(9)11/h16,18-19,21-22H,2-15,17H2,1H3;7-9H,4-6H2,1-3H3. The maximum absolute atomic E-state index is 11.4. The van der Waals surface area contributed by atoms with Crippen LogP contribution in [0.3, 0.4) is 0 Å². The molecule has 2 N–H and O–H groups in total. The first-order valence-electron chi connectivity index (χ1n) is 14.1. The maximum atomic E-state index is 11.4. The van der Waals surface area contributed by atoms with E-state index in [2.05, 4.69) is 27.7 Å². The lowest BCUT2D eigenvalue weighted by Crippen LogP contribution is -2.27. The van der Waals surface area contributed by atoms with E-state index in [1.165, 1.54) is 77.0 Å². The molecule has 0 heterocycles. The molecule has 1 rings (SSSR count). The highest BCUT2D eigenvalue weighted by Crippen LogP contribution is 2.30. The third-order valence-corrected chi connectivity index (χ3v) is 7.14. The molecule has 0 aromatic carbocycles. The van der Waals surface area contributed by atoms with Crippen LogP contribution in [0, 0.1) is 23.7 Å². The fraction of sp³-hybridized carbons (Fsp3) is 0.931. The van der Waals surface area contributed by atoms with Gasteiger partial charge in [-0.25, -0.2) is 0 Å². The van der Waals surface area contributed by atoms with Gasteiger partial charge in [-0.3, -0.25) is 4.79 Å². The van der Waals surface area contributed by atoms with Crippen LogP contribution in [0.25, 0.3) is 0 Å². The van der Waals surface area contributed by atoms with Gasteiger partial charge in [-0.2, -0.15) is 0 Å². The second kappa shape index (κ2) is 21.8. The van der Waals surface area contributed by atoms with E-state index in [0.717, 1.165) is 32.0 Å². The third-order valence-electron chi connectivity index (χ3n) is 7.14. The first-order chi connectivity index (χ1) is 15.8. The molecule has 0 spiro atoms. The summed E-state index contributed by atoms with van der Waals surface area (Å²) >= 11 is 0. The monoisotopic (exact) mass is 468 g/mol. The molecule has 1 aliphatic carbocycles. The Morgan fingerprint density at radius 3 is 1.85 bits per heavy atom. The van der Waals surface area contributed by atoms with Gasteiger partial charge >= 0.3 is 0 Å². The van der Waals surface area contributed by atoms with Crippen molar-refractivity contribution in [2.45, 2.75) is 143 Å². The third kappa shape index (κ3) is 18.3. The maximum Gasteiger partial charge on any atom is 0.136 e. The van der Waals surface area contributed by atoms with Crippen LogP contribution in [-0.4, -0.2) is 35.0 Å². The molecular weight excluding hydrogens is 412 g/mol. The van der Waals surface area contributed by atoms with Crippen LogP contribution in [-0.2, 0) is 9.59 Å². The van der Waals surface area contributed by atoms with Crippen molar-refractivity contribution >= 4 is 12.1 Å². The summed E-state index contributed by atoms with van der Waals surface area (Å²) in [6.07, 6.45) is 20.4. The fourth-order valence-corrected chi connectivity index (χ4v) is 4.84. The highest BCUT2D eigenvalue weighted by Gasteiger charge is 2.28. The Labute approximate surface area is 205 Å². The normalized spacial score (nSPS) is 20.3. The summed E-state index contributed by atoms with van der Waals surface area (Å²) in [5.74, 6) is 1.96. The first kappa shape index (κ1) is 32.3. The van der Waals surface area contributed by atoms with Crippen molar-refractivity contribution in [3.05, 3.63) is 0 Å². The second-order valence-electron chi connectivity index (χ2n) is 10.8. The molecule has 196 valence electrons. The molecule has 0 radical (unpaired) electrons. The SMILES string of the molecule is CC1CCC(C(C)C)C(=O)C1.CCCCCCCCCCCCCCC(C=O)CC(O)CO. The predicted molar refractivity (Wildman–Crippen MR) is 139 cm³/mol. The minimum absolute atomic E-state index is 0.0923. The summed E-state index contributed by atoms with van der Waals surface area (Å²) in [4.78, 5) is 22.3. The second-order valence-corrected chi connectivity index (χ2v) is 10.8. The largest absolute Gasteiger partial charge is 0.394 e. The Morgan fingerprint density at radius 2 is 1.42 bits per heavy atom. The number of Topliss-reactive ketones (excluding diaryl/α,β-unsaturated/α-hetero) is 1. The van der Waals surface area contributed by atoms with Gasteiger partial charge in [-0.15, -0.1) is 0 Å². The number of hydrogen-bond acceptors (Lipinski definition) is 4. The van der Waals surface area contributed by atoms with Crippen LogP contribution in [0.5, 0.6) is 0 Å². The van der Waals surface area contributed by atoms with Crippen LogP contribution in [0.1, 0.15) is 137 Å². The molecule has 4 atom stereocenters. The number of aliphatic hydroxyl groups excluding tert-OH is 2. The van der Waals surface area contributed by atoms with Gasteiger partial charge in [0.25, 0.3) is 0 Å². The highest BCUT2D eigenvalue weighted by atomic mass is 16.3. The van der Waals surface area contributed by atoms with Crippen molar-refractivity contribution in [2.24, 2.45) is 23.7 Å². The number of aldehydes is 1. The number of unbranched alkanes of at least 4 members (excludes halogenated alkanes) is 11. The van der Waals surface area contributed by atoms with E-state index in [1.54, 1.807) is 0 Å². The summed E-state index contributed by atoms with van der Waals surface area (Å²) in [5, 5.41) is 18.1. The molecule has 0 saturated heterocycles. The zero-order valence-corrected chi connectivity index (χ0v) is 22.4. The van der Waals surface area contributed by atoms with Crippen molar-refractivity contribution in [3.63, 3.8) is 0 Å². The lowest BCUT2D eigenvalue weighted by Gasteiger charge is -2.27. The van der Waals surface area contributed by atoms with E-state index in [9.17, 15) is 14.7 Å². The molecular formula is C29H56O4. The quantitative estimate of drug-likeness (QED) is 0.164. The van der Waals surface area contributed by atoms with Gasteiger partial charge in [0.1, 0.15) is 12.1 Å². The Bertz CT molecular complexity index is 463. The lowest BCUT2D eigenvalue weighted by atomic mass is 9.77. The van der Waals surface area contributed by atoms with Gasteiger partial charge in [-0.05, 0) is 37.5 Å². The minimum Gasteiger partial charge on any atom is -0.394 e.